The average Bonchev–Trinajstić information content (AvgIpc) is 2.80. The number of Topliss-reactive ketones (excluding diaryl/α,β-unsaturated/α-hetero) is 1. The Morgan fingerprint density at radius 2 is 1.92 bits per heavy atom. The zero-order chi connectivity index (χ0) is 10.2. The van der Waals surface area contributed by atoms with Crippen molar-refractivity contribution in [2.24, 2.45) is 17.6 Å². The van der Waals surface area contributed by atoms with Crippen LogP contribution in [-0.2, 0) is 9.53 Å². The molecule has 0 bridgehead atoms. The van der Waals surface area contributed by atoms with Gasteiger partial charge in [-0.05, 0) is 18.8 Å². The zero-order valence-electron chi connectivity index (χ0n) is 8.83. The first-order valence-corrected chi connectivity index (χ1v) is 4.82. The molecule has 1 aliphatic heterocycles. The molecule has 0 aliphatic carbocycles. The molecule has 0 aromatic rings. The number of ketones is 1. The Labute approximate surface area is 79.6 Å². The minimum absolute atomic E-state index is 0.0497. The molecule has 0 unspecified atom stereocenters. The van der Waals surface area contributed by atoms with Gasteiger partial charge in [-0.1, -0.05) is 20.8 Å². The average molecular weight is 185 g/mol. The van der Waals surface area contributed by atoms with Crippen LogP contribution >= 0.6 is 0 Å². The van der Waals surface area contributed by atoms with Crippen LogP contribution in [0.2, 0.25) is 0 Å². The molecule has 1 fully saturated rings. The molecule has 0 radical (unpaired) electrons. The summed E-state index contributed by atoms with van der Waals surface area (Å²) in [5.74, 6) is 0.698. The lowest BCUT2D eigenvalue weighted by Crippen LogP contribution is -2.45. The van der Waals surface area contributed by atoms with Gasteiger partial charge in [0.1, 0.15) is 5.60 Å². The van der Waals surface area contributed by atoms with Crippen molar-refractivity contribution in [2.75, 3.05) is 6.61 Å². The fourth-order valence-corrected chi connectivity index (χ4v) is 1.26. The third-order valence-electron chi connectivity index (χ3n) is 3.02. The van der Waals surface area contributed by atoms with Gasteiger partial charge in [-0.2, -0.15) is 0 Å². The maximum atomic E-state index is 11.7. The van der Waals surface area contributed by atoms with E-state index in [-0.39, 0.29) is 17.7 Å². The molecule has 1 aliphatic rings. The predicted molar refractivity (Wildman–Crippen MR) is 51.3 cm³/mol. The Hall–Kier alpha value is -0.410. The third-order valence-corrected chi connectivity index (χ3v) is 3.02. The molecule has 76 valence electrons. The second-order valence-electron chi connectivity index (χ2n) is 4.51. The minimum Gasteiger partial charge on any atom is -0.362 e. The Balaban J connectivity index is 2.56. The Bertz CT molecular complexity index is 209. The highest BCUT2D eigenvalue weighted by Crippen LogP contribution is 2.30. The third kappa shape index (κ3) is 2.09. The molecule has 1 heterocycles. The van der Waals surface area contributed by atoms with E-state index in [1.54, 1.807) is 0 Å². The smallest absolute Gasteiger partial charge is 0.183 e. The summed E-state index contributed by atoms with van der Waals surface area (Å²) in [6.45, 7) is 8.51. The molecule has 2 N–H and O–H groups in total. The first-order chi connectivity index (χ1) is 5.88. The standard InChI is InChI=1S/C10H19NO2/c1-6(2)7(3)8(11)9(12)10(4)5-13-10/h6-8H,5,11H2,1-4H3/t7-,8-,10+/m0/s1. The van der Waals surface area contributed by atoms with Gasteiger partial charge in [0.15, 0.2) is 5.78 Å². The molecule has 13 heavy (non-hydrogen) atoms. The quantitative estimate of drug-likeness (QED) is 0.664. The Morgan fingerprint density at radius 1 is 1.46 bits per heavy atom. The van der Waals surface area contributed by atoms with Crippen molar-refractivity contribution in [2.45, 2.75) is 39.3 Å². The van der Waals surface area contributed by atoms with E-state index >= 15 is 0 Å². The van der Waals surface area contributed by atoms with E-state index < -0.39 is 5.60 Å². The van der Waals surface area contributed by atoms with Gasteiger partial charge in [0, 0.05) is 0 Å². The summed E-state index contributed by atoms with van der Waals surface area (Å²) < 4.78 is 5.08. The number of nitrogens with two attached hydrogens (primary N) is 1. The summed E-state index contributed by atoms with van der Waals surface area (Å²) in [4.78, 5) is 11.7. The van der Waals surface area contributed by atoms with Gasteiger partial charge in [0.25, 0.3) is 0 Å². The van der Waals surface area contributed by atoms with E-state index in [9.17, 15) is 4.79 Å². The second-order valence-corrected chi connectivity index (χ2v) is 4.51. The summed E-state index contributed by atoms with van der Waals surface area (Å²) in [6.07, 6.45) is 0. The number of rotatable bonds is 4. The molecule has 0 aromatic heterocycles. The van der Waals surface area contributed by atoms with Crippen molar-refractivity contribution >= 4 is 5.78 Å². The number of hydrogen-bond acceptors (Lipinski definition) is 3. The van der Waals surface area contributed by atoms with Crippen molar-refractivity contribution in [1.29, 1.82) is 0 Å². The molecule has 0 spiro atoms. The lowest BCUT2D eigenvalue weighted by molar-refractivity contribution is -0.126. The van der Waals surface area contributed by atoms with Gasteiger partial charge in [-0.15, -0.1) is 0 Å². The lowest BCUT2D eigenvalue weighted by atomic mass is 9.85. The predicted octanol–water partition coefficient (Wildman–Crippen LogP) is 0.964. The van der Waals surface area contributed by atoms with E-state index in [1.165, 1.54) is 0 Å². The Morgan fingerprint density at radius 3 is 2.23 bits per heavy atom. The summed E-state index contributed by atoms with van der Waals surface area (Å²) in [5, 5.41) is 0. The molecule has 0 aromatic carbocycles. The molecule has 3 heteroatoms. The van der Waals surface area contributed by atoms with Crippen LogP contribution in [0.25, 0.3) is 0 Å². The van der Waals surface area contributed by atoms with Crippen molar-refractivity contribution < 1.29 is 9.53 Å². The second kappa shape index (κ2) is 3.39. The zero-order valence-corrected chi connectivity index (χ0v) is 8.83. The molecular weight excluding hydrogens is 166 g/mol. The van der Waals surface area contributed by atoms with Gasteiger partial charge in [-0.25, -0.2) is 0 Å². The van der Waals surface area contributed by atoms with Crippen LogP contribution < -0.4 is 5.73 Å². The maximum absolute atomic E-state index is 11.7. The van der Waals surface area contributed by atoms with Crippen LogP contribution in [0.4, 0.5) is 0 Å². The molecule has 3 atom stereocenters. The topological polar surface area (TPSA) is 55.6 Å². The van der Waals surface area contributed by atoms with Crippen LogP contribution in [0.3, 0.4) is 0 Å². The monoisotopic (exact) mass is 185 g/mol. The van der Waals surface area contributed by atoms with Crippen molar-refractivity contribution in [3.63, 3.8) is 0 Å². The van der Waals surface area contributed by atoms with Gasteiger partial charge < -0.3 is 10.5 Å². The number of carbonyl (C=O) groups excluding carboxylic acids is 1. The number of epoxide rings is 1. The van der Waals surface area contributed by atoms with Gasteiger partial charge >= 0.3 is 0 Å². The largest absolute Gasteiger partial charge is 0.362 e. The lowest BCUT2D eigenvalue weighted by Gasteiger charge is -2.23. The summed E-state index contributed by atoms with van der Waals surface area (Å²) in [7, 11) is 0. The molecule has 1 saturated heterocycles. The number of ether oxygens (including phenoxy) is 1. The van der Waals surface area contributed by atoms with E-state index in [2.05, 4.69) is 13.8 Å². The first kappa shape index (κ1) is 10.7. The van der Waals surface area contributed by atoms with Crippen molar-refractivity contribution in [3.05, 3.63) is 0 Å². The number of carbonyl (C=O) groups is 1. The highest BCUT2D eigenvalue weighted by molar-refractivity contribution is 5.93. The minimum atomic E-state index is -0.567. The molecule has 1 rings (SSSR count). The van der Waals surface area contributed by atoms with Gasteiger partial charge in [0.2, 0.25) is 0 Å². The summed E-state index contributed by atoms with van der Waals surface area (Å²) in [6, 6.07) is -0.382. The summed E-state index contributed by atoms with van der Waals surface area (Å²) >= 11 is 0. The first-order valence-electron chi connectivity index (χ1n) is 4.82. The SMILES string of the molecule is CC(C)[C@H](C)[C@H](N)C(=O)[C@@]1(C)CO1. The van der Waals surface area contributed by atoms with E-state index in [0.717, 1.165) is 0 Å². The van der Waals surface area contributed by atoms with Gasteiger partial charge in [-0.3, -0.25) is 4.79 Å². The fraction of sp³-hybridized carbons (Fsp3) is 0.900. The normalized spacial score (nSPS) is 31.5. The fourth-order valence-electron chi connectivity index (χ4n) is 1.26. The van der Waals surface area contributed by atoms with E-state index in [0.29, 0.717) is 12.5 Å². The van der Waals surface area contributed by atoms with Crippen molar-refractivity contribution in [1.82, 2.24) is 0 Å². The van der Waals surface area contributed by atoms with Crippen LogP contribution in [-0.4, -0.2) is 24.0 Å². The van der Waals surface area contributed by atoms with Crippen LogP contribution in [0, 0.1) is 11.8 Å². The molecule has 3 nitrogen and oxygen atoms in total. The van der Waals surface area contributed by atoms with Crippen molar-refractivity contribution in [3.8, 4) is 0 Å². The maximum Gasteiger partial charge on any atom is 0.183 e. The molecule has 0 amide bonds. The Kier molecular flexibility index (Phi) is 2.78. The van der Waals surface area contributed by atoms with Gasteiger partial charge in [0.05, 0.1) is 12.6 Å². The van der Waals surface area contributed by atoms with E-state index in [4.69, 9.17) is 10.5 Å². The van der Waals surface area contributed by atoms with Crippen LogP contribution in [0.15, 0.2) is 0 Å². The van der Waals surface area contributed by atoms with Crippen LogP contribution in [0.5, 0.6) is 0 Å². The highest BCUT2D eigenvalue weighted by atomic mass is 16.6. The van der Waals surface area contributed by atoms with E-state index in [1.807, 2.05) is 13.8 Å². The summed E-state index contributed by atoms with van der Waals surface area (Å²) in [5.41, 5.74) is 5.29. The number of hydrogen-bond donors (Lipinski definition) is 1. The highest BCUT2D eigenvalue weighted by Gasteiger charge is 2.49. The molecular formula is C10H19NO2. The van der Waals surface area contributed by atoms with Crippen LogP contribution in [0.1, 0.15) is 27.7 Å². The molecule has 0 saturated carbocycles.